The number of rotatable bonds is 5. The number of halogens is 1. The average Bonchev–Trinajstić information content (AvgIpc) is 3.06. The summed E-state index contributed by atoms with van der Waals surface area (Å²) in [6.07, 6.45) is 2.38. The Labute approximate surface area is 181 Å². The molecular weight excluding hydrogens is 428 g/mol. The summed E-state index contributed by atoms with van der Waals surface area (Å²) in [6.45, 7) is 3.28. The van der Waals surface area contributed by atoms with Crippen molar-refractivity contribution in [3.63, 3.8) is 0 Å². The number of hydrogen-bond donors (Lipinski definition) is 2. The smallest absolute Gasteiger partial charge is 0.257 e. The number of aromatic hydroxyl groups is 1. The lowest BCUT2D eigenvalue weighted by atomic mass is 10.1. The topological polar surface area (TPSA) is 105 Å². The first-order valence-electron chi connectivity index (χ1n) is 9.09. The molecule has 0 unspecified atom stereocenters. The Morgan fingerprint density at radius 2 is 2.03 bits per heavy atom. The van der Waals surface area contributed by atoms with Crippen LogP contribution < -0.4 is 10.1 Å². The fraction of sp³-hybridized carbons (Fsp3) is 0.200. The van der Waals surface area contributed by atoms with Crippen LogP contribution in [0.4, 0.5) is 5.13 Å². The lowest BCUT2D eigenvalue weighted by Crippen LogP contribution is -2.42. The van der Waals surface area contributed by atoms with Crippen LogP contribution in [0.1, 0.15) is 32.8 Å². The third-order valence-corrected chi connectivity index (χ3v) is 5.55. The van der Waals surface area contributed by atoms with Gasteiger partial charge in [0, 0.05) is 36.3 Å². The van der Waals surface area contributed by atoms with Crippen molar-refractivity contribution in [1.82, 2.24) is 14.9 Å². The van der Waals surface area contributed by atoms with Gasteiger partial charge in [-0.25, -0.2) is 9.97 Å². The number of ether oxygens (including phenoxy) is 1. The molecule has 2 amide bonds. The third-order valence-electron chi connectivity index (χ3n) is 4.41. The molecule has 1 aliphatic rings. The normalized spacial score (nSPS) is 12.9. The van der Waals surface area contributed by atoms with Crippen molar-refractivity contribution in [3.05, 3.63) is 57.7 Å². The molecule has 0 bridgehead atoms. The highest BCUT2D eigenvalue weighted by Gasteiger charge is 2.23. The van der Waals surface area contributed by atoms with E-state index in [1.807, 2.05) is 12.3 Å². The Bertz CT molecular complexity index is 1130. The number of carbonyl (C=O) groups excluding carboxylic acids is 2. The minimum Gasteiger partial charge on any atom is -0.508 e. The molecule has 2 N–H and O–H groups in total. The van der Waals surface area contributed by atoms with Gasteiger partial charge < -0.3 is 14.7 Å². The van der Waals surface area contributed by atoms with Gasteiger partial charge in [-0.3, -0.25) is 14.9 Å². The van der Waals surface area contributed by atoms with Crippen molar-refractivity contribution < 1.29 is 19.4 Å². The quantitative estimate of drug-likeness (QED) is 0.614. The van der Waals surface area contributed by atoms with E-state index in [1.165, 1.54) is 41.8 Å². The summed E-state index contributed by atoms with van der Waals surface area (Å²) >= 11 is 7.54. The van der Waals surface area contributed by atoms with E-state index in [4.69, 9.17) is 16.3 Å². The minimum absolute atomic E-state index is 0.0596. The van der Waals surface area contributed by atoms with Crippen molar-refractivity contribution in [2.45, 2.75) is 13.3 Å². The van der Waals surface area contributed by atoms with Gasteiger partial charge in [-0.2, -0.15) is 0 Å². The highest BCUT2D eigenvalue weighted by Crippen LogP contribution is 2.31. The van der Waals surface area contributed by atoms with Gasteiger partial charge in [0.15, 0.2) is 5.13 Å². The van der Waals surface area contributed by atoms with Gasteiger partial charge in [0.05, 0.1) is 11.3 Å². The number of phenols is 1. The molecule has 1 fully saturated rings. The van der Waals surface area contributed by atoms with E-state index in [9.17, 15) is 14.7 Å². The van der Waals surface area contributed by atoms with E-state index in [-0.39, 0.29) is 33.9 Å². The van der Waals surface area contributed by atoms with Crippen molar-refractivity contribution in [2.24, 2.45) is 0 Å². The van der Waals surface area contributed by atoms with Crippen molar-refractivity contribution in [1.29, 1.82) is 0 Å². The number of hydrogen-bond acceptors (Lipinski definition) is 7. The Morgan fingerprint density at radius 1 is 1.23 bits per heavy atom. The molecule has 2 aromatic heterocycles. The van der Waals surface area contributed by atoms with E-state index in [0.29, 0.717) is 10.7 Å². The number of benzene rings is 1. The first-order valence-corrected chi connectivity index (χ1v) is 10.3. The molecule has 4 rings (SSSR count). The second-order valence-corrected chi connectivity index (χ2v) is 7.99. The van der Waals surface area contributed by atoms with E-state index in [0.717, 1.165) is 25.2 Å². The van der Waals surface area contributed by atoms with Crippen molar-refractivity contribution in [3.8, 4) is 17.4 Å². The van der Waals surface area contributed by atoms with Gasteiger partial charge in [-0.15, -0.1) is 11.3 Å². The standard InChI is InChI=1S/C20H17ClN4O4S/c1-11-10-30-20(23-11)24-17(27)12-5-14(26)8-15(6-12)29-18-16(21)7-13(9-22-18)19(28)25-3-2-4-25/h5-10,26H,2-4H2,1H3,(H,23,24,27). The fourth-order valence-corrected chi connectivity index (χ4v) is 3.67. The van der Waals surface area contributed by atoms with E-state index < -0.39 is 5.91 Å². The molecule has 30 heavy (non-hydrogen) atoms. The molecule has 1 aliphatic heterocycles. The van der Waals surface area contributed by atoms with Crippen LogP contribution in [-0.4, -0.2) is 44.9 Å². The summed E-state index contributed by atoms with van der Waals surface area (Å²) in [6, 6.07) is 5.59. The second kappa shape index (κ2) is 8.29. The number of nitrogens with zero attached hydrogens (tertiary/aromatic N) is 3. The summed E-state index contributed by atoms with van der Waals surface area (Å²) in [4.78, 5) is 34.7. The summed E-state index contributed by atoms with van der Waals surface area (Å²) in [5.41, 5.74) is 1.35. The van der Waals surface area contributed by atoms with Crippen molar-refractivity contribution >= 4 is 39.9 Å². The number of anilines is 1. The molecule has 1 saturated heterocycles. The zero-order valence-corrected chi connectivity index (χ0v) is 17.5. The number of carbonyl (C=O) groups is 2. The van der Waals surface area contributed by atoms with Gasteiger partial charge in [-0.1, -0.05) is 11.6 Å². The first-order chi connectivity index (χ1) is 14.4. The second-order valence-electron chi connectivity index (χ2n) is 6.72. The van der Waals surface area contributed by atoms with Crippen LogP contribution in [-0.2, 0) is 0 Å². The Morgan fingerprint density at radius 3 is 2.67 bits per heavy atom. The number of thiazole rings is 1. The lowest BCUT2D eigenvalue weighted by Gasteiger charge is -2.30. The molecule has 3 heterocycles. The number of phenolic OH excluding ortho intramolecular Hbond substituents is 1. The van der Waals surface area contributed by atoms with E-state index >= 15 is 0 Å². The molecular formula is C20H17ClN4O4S. The zero-order chi connectivity index (χ0) is 21.3. The molecule has 0 spiro atoms. The lowest BCUT2D eigenvalue weighted by molar-refractivity contribution is 0.0651. The van der Waals surface area contributed by atoms with E-state index in [2.05, 4.69) is 15.3 Å². The van der Waals surface area contributed by atoms with Gasteiger partial charge >= 0.3 is 0 Å². The SMILES string of the molecule is Cc1csc(NC(=O)c2cc(O)cc(Oc3ncc(C(=O)N4CCC4)cc3Cl)c2)n1. The van der Waals surface area contributed by atoms with Crippen molar-refractivity contribution in [2.75, 3.05) is 18.4 Å². The molecule has 1 aromatic carbocycles. The molecule has 0 aliphatic carbocycles. The fourth-order valence-electron chi connectivity index (χ4n) is 2.78. The molecule has 8 nitrogen and oxygen atoms in total. The van der Waals surface area contributed by atoms with Crippen LogP contribution in [0.5, 0.6) is 17.4 Å². The summed E-state index contributed by atoms with van der Waals surface area (Å²) in [7, 11) is 0. The number of aryl methyl sites for hydroxylation is 1. The van der Waals surface area contributed by atoms with Crippen LogP contribution in [0, 0.1) is 6.92 Å². The largest absolute Gasteiger partial charge is 0.508 e. The maximum absolute atomic E-state index is 12.5. The number of likely N-dealkylation sites (tertiary alicyclic amines) is 1. The molecule has 0 saturated carbocycles. The zero-order valence-electron chi connectivity index (χ0n) is 15.9. The molecule has 10 heteroatoms. The van der Waals surface area contributed by atoms with Gasteiger partial charge in [0.2, 0.25) is 5.88 Å². The number of amides is 2. The molecule has 154 valence electrons. The average molecular weight is 445 g/mol. The maximum atomic E-state index is 12.5. The van der Waals surface area contributed by atoms with Gasteiger partial charge in [-0.05, 0) is 31.5 Å². The molecule has 3 aromatic rings. The summed E-state index contributed by atoms with van der Waals surface area (Å²) in [5.74, 6) is -0.500. The maximum Gasteiger partial charge on any atom is 0.257 e. The number of pyridine rings is 1. The highest BCUT2D eigenvalue weighted by atomic mass is 35.5. The Balaban J connectivity index is 1.51. The Hall–Kier alpha value is -3.17. The molecule has 0 radical (unpaired) electrons. The molecule has 0 atom stereocenters. The van der Waals surface area contributed by atoms with Crippen LogP contribution in [0.25, 0.3) is 0 Å². The predicted octanol–water partition coefficient (Wildman–Crippen LogP) is 4.10. The number of nitrogens with one attached hydrogen (secondary N) is 1. The van der Waals surface area contributed by atoms with Gasteiger partial charge in [0.1, 0.15) is 16.5 Å². The predicted molar refractivity (Wildman–Crippen MR) is 113 cm³/mol. The summed E-state index contributed by atoms with van der Waals surface area (Å²) < 4.78 is 5.65. The van der Waals surface area contributed by atoms with Crippen LogP contribution in [0.3, 0.4) is 0 Å². The van der Waals surface area contributed by atoms with E-state index in [1.54, 1.807) is 4.90 Å². The van der Waals surface area contributed by atoms with Crippen LogP contribution >= 0.6 is 22.9 Å². The highest BCUT2D eigenvalue weighted by molar-refractivity contribution is 7.13. The summed E-state index contributed by atoms with van der Waals surface area (Å²) in [5, 5.41) is 15.1. The van der Waals surface area contributed by atoms with Gasteiger partial charge in [0.25, 0.3) is 11.8 Å². The minimum atomic E-state index is -0.445. The monoisotopic (exact) mass is 444 g/mol. The van der Waals surface area contributed by atoms with Crippen LogP contribution in [0.15, 0.2) is 35.8 Å². The number of aromatic nitrogens is 2. The van der Waals surface area contributed by atoms with Crippen LogP contribution in [0.2, 0.25) is 5.02 Å². The Kier molecular flexibility index (Phi) is 5.56. The third kappa shape index (κ3) is 4.37. The first kappa shape index (κ1) is 20.1.